The van der Waals surface area contributed by atoms with E-state index in [-0.39, 0.29) is 23.6 Å². The highest BCUT2D eigenvalue weighted by Crippen LogP contribution is 2.21. The molecule has 4 rings (SSSR count). The second-order valence-corrected chi connectivity index (χ2v) is 9.32. The number of benzene rings is 3. The average Bonchev–Trinajstić information content (AvgIpc) is 2.91. The summed E-state index contributed by atoms with van der Waals surface area (Å²) in [6.07, 6.45) is 3.37. The van der Waals surface area contributed by atoms with Gasteiger partial charge in [0.1, 0.15) is 0 Å². The minimum Gasteiger partial charge on any atom is -0.356 e. The number of likely N-dealkylation sites (tertiary alicyclic amines) is 1. The van der Waals surface area contributed by atoms with E-state index < -0.39 is 0 Å². The zero-order chi connectivity index (χ0) is 25.3. The van der Waals surface area contributed by atoms with Crippen LogP contribution in [0.4, 0.5) is 5.69 Å². The maximum absolute atomic E-state index is 13.2. The molecule has 3 aromatic carbocycles. The van der Waals surface area contributed by atoms with Gasteiger partial charge in [0.2, 0.25) is 5.91 Å². The quantitative estimate of drug-likeness (QED) is 0.450. The van der Waals surface area contributed by atoms with Gasteiger partial charge in [-0.05, 0) is 68.0 Å². The van der Waals surface area contributed by atoms with Gasteiger partial charge in [0.05, 0.1) is 5.92 Å². The van der Waals surface area contributed by atoms with E-state index in [9.17, 15) is 14.4 Å². The van der Waals surface area contributed by atoms with Crippen LogP contribution in [0.15, 0.2) is 78.9 Å². The number of hydrogen-bond acceptors (Lipinski definition) is 3. The molecule has 1 aliphatic heterocycles. The molecular weight excluding hydrogens is 450 g/mol. The van der Waals surface area contributed by atoms with Crippen LogP contribution in [0, 0.1) is 12.8 Å². The largest absolute Gasteiger partial charge is 0.356 e. The summed E-state index contributed by atoms with van der Waals surface area (Å²) in [5.41, 5.74) is 3.82. The molecule has 6 heteroatoms. The van der Waals surface area contributed by atoms with Crippen LogP contribution in [0.1, 0.15) is 51.1 Å². The Kier molecular flexibility index (Phi) is 8.50. The molecule has 1 fully saturated rings. The van der Waals surface area contributed by atoms with Crippen molar-refractivity contribution in [3.05, 3.63) is 101 Å². The molecule has 3 amide bonds. The second-order valence-electron chi connectivity index (χ2n) is 9.32. The Hall–Kier alpha value is -3.93. The maximum Gasteiger partial charge on any atom is 0.255 e. The van der Waals surface area contributed by atoms with Gasteiger partial charge in [0.15, 0.2) is 0 Å². The normalized spacial score (nSPS) is 15.2. The van der Waals surface area contributed by atoms with Crippen molar-refractivity contribution in [2.24, 2.45) is 5.92 Å². The number of carbonyl (C=O) groups excluding carboxylic acids is 3. The molecule has 0 bridgehead atoms. The van der Waals surface area contributed by atoms with Gasteiger partial charge in [-0.3, -0.25) is 14.4 Å². The highest BCUT2D eigenvalue weighted by atomic mass is 16.2. The number of hydrogen-bond donors (Lipinski definition) is 2. The highest BCUT2D eigenvalue weighted by Gasteiger charge is 2.29. The third-order valence-electron chi connectivity index (χ3n) is 6.62. The summed E-state index contributed by atoms with van der Waals surface area (Å²) in [6, 6.07) is 24.6. The zero-order valence-electron chi connectivity index (χ0n) is 20.7. The Labute approximate surface area is 212 Å². The van der Waals surface area contributed by atoms with Gasteiger partial charge < -0.3 is 15.5 Å². The third kappa shape index (κ3) is 6.60. The van der Waals surface area contributed by atoms with Crippen LogP contribution >= 0.6 is 0 Å². The third-order valence-corrected chi connectivity index (χ3v) is 6.62. The van der Waals surface area contributed by atoms with Crippen molar-refractivity contribution in [3.8, 4) is 0 Å². The molecule has 0 aliphatic carbocycles. The molecule has 186 valence electrons. The lowest BCUT2D eigenvalue weighted by atomic mass is 9.96. The molecule has 2 N–H and O–H groups in total. The van der Waals surface area contributed by atoms with Gasteiger partial charge in [-0.1, -0.05) is 54.6 Å². The van der Waals surface area contributed by atoms with Crippen LogP contribution in [0.2, 0.25) is 0 Å². The molecule has 1 aliphatic rings. The van der Waals surface area contributed by atoms with E-state index in [0.29, 0.717) is 36.4 Å². The van der Waals surface area contributed by atoms with Gasteiger partial charge in [-0.25, -0.2) is 0 Å². The molecule has 0 radical (unpaired) electrons. The lowest BCUT2D eigenvalue weighted by Crippen LogP contribution is -2.45. The standard InChI is InChI=1S/C30H33N3O3/c1-22-10-5-6-17-27(22)29(35)32-26-16-7-14-24(20-26)30(36)33-19-9-15-25(21-33)28(34)31-18-8-13-23-11-3-2-4-12-23/h2-7,10-12,14,16-17,20,25H,8-9,13,15,18-19,21H2,1H3,(H,31,34)(H,32,35). The van der Waals surface area contributed by atoms with Crippen LogP contribution in [0.5, 0.6) is 0 Å². The lowest BCUT2D eigenvalue weighted by molar-refractivity contribution is -0.126. The van der Waals surface area contributed by atoms with E-state index in [4.69, 9.17) is 0 Å². The van der Waals surface area contributed by atoms with Crippen LogP contribution in [0.3, 0.4) is 0 Å². The number of rotatable bonds is 8. The SMILES string of the molecule is Cc1ccccc1C(=O)Nc1cccc(C(=O)N2CCCC(C(=O)NCCCc3ccccc3)C2)c1. The van der Waals surface area contributed by atoms with Gasteiger partial charge in [-0.15, -0.1) is 0 Å². The average molecular weight is 484 g/mol. The smallest absolute Gasteiger partial charge is 0.255 e. The number of amides is 3. The van der Waals surface area contributed by atoms with Crippen LogP contribution in [0.25, 0.3) is 0 Å². The van der Waals surface area contributed by atoms with E-state index >= 15 is 0 Å². The molecule has 36 heavy (non-hydrogen) atoms. The van der Waals surface area contributed by atoms with Gasteiger partial charge in [0.25, 0.3) is 11.8 Å². The number of aryl methyl sites for hydroxylation is 2. The summed E-state index contributed by atoms with van der Waals surface area (Å²) in [4.78, 5) is 40.4. The number of carbonyl (C=O) groups is 3. The summed E-state index contributed by atoms with van der Waals surface area (Å²) in [5.74, 6) is -0.522. The summed E-state index contributed by atoms with van der Waals surface area (Å²) in [5, 5.41) is 5.94. The first-order valence-electron chi connectivity index (χ1n) is 12.6. The molecule has 1 heterocycles. The minimum absolute atomic E-state index is 0.0137. The zero-order valence-corrected chi connectivity index (χ0v) is 20.7. The number of nitrogens with zero attached hydrogens (tertiary/aromatic N) is 1. The van der Waals surface area contributed by atoms with Crippen molar-refractivity contribution in [3.63, 3.8) is 0 Å². The van der Waals surface area contributed by atoms with E-state index in [2.05, 4.69) is 22.8 Å². The fraction of sp³-hybridized carbons (Fsp3) is 0.300. The molecule has 3 aromatic rings. The van der Waals surface area contributed by atoms with Gasteiger partial charge in [-0.2, -0.15) is 0 Å². The Balaban J connectivity index is 1.30. The van der Waals surface area contributed by atoms with Crippen LogP contribution in [-0.2, 0) is 11.2 Å². The van der Waals surface area contributed by atoms with Crippen LogP contribution in [-0.4, -0.2) is 42.3 Å². The summed E-state index contributed by atoms with van der Waals surface area (Å²) in [6.45, 7) is 3.54. The Bertz CT molecular complexity index is 1210. The maximum atomic E-state index is 13.2. The molecule has 6 nitrogen and oxygen atoms in total. The van der Waals surface area contributed by atoms with Crippen molar-refractivity contribution in [2.45, 2.75) is 32.6 Å². The Morgan fingerprint density at radius 1 is 0.944 bits per heavy atom. The predicted octanol–water partition coefficient (Wildman–Crippen LogP) is 4.85. The highest BCUT2D eigenvalue weighted by molar-refractivity contribution is 6.06. The molecule has 1 unspecified atom stereocenters. The van der Waals surface area contributed by atoms with E-state index in [1.807, 2.05) is 43.3 Å². The Morgan fingerprint density at radius 2 is 1.72 bits per heavy atom. The fourth-order valence-electron chi connectivity index (χ4n) is 4.61. The number of anilines is 1. The van der Waals surface area contributed by atoms with Crippen molar-refractivity contribution in [1.82, 2.24) is 10.2 Å². The number of nitrogens with one attached hydrogen (secondary N) is 2. The van der Waals surface area contributed by atoms with Gasteiger partial charge >= 0.3 is 0 Å². The molecule has 0 spiro atoms. The summed E-state index contributed by atoms with van der Waals surface area (Å²) >= 11 is 0. The molecule has 0 aromatic heterocycles. The molecule has 1 atom stereocenters. The predicted molar refractivity (Wildman–Crippen MR) is 142 cm³/mol. The number of piperidine rings is 1. The van der Waals surface area contributed by atoms with Crippen molar-refractivity contribution in [2.75, 3.05) is 25.0 Å². The van der Waals surface area contributed by atoms with E-state index in [1.54, 1.807) is 35.2 Å². The minimum atomic E-state index is -0.209. The van der Waals surface area contributed by atoms with Gasteiger partial charge in [0, 0.05) is 36.4 Å². The fourth-order valence-corrected chi connectivity index (χ4v) is 4.61. The van der Waals surface area contributed by atoms with Crippen molar-refractivity contribution < 1.29 is 14.4 Å². The molecule has 0 saturated carbocycles. The summed E-state index contributed by atoms with van der Waals surface area (Å²) in [7, 11) is 0. The second kappa shape index (κ2) is 12.2. The van der Waals surface area contributed by atoms with Crippen LogP contribution < -0.4 is 10.6 Å². The lowest BCUT2D eigenvalue weighted by Gasteiger charge is -2.32. The molecular formula is C30H33N3O3. The monoisotopic (exact) mass is 483 g/mol. The van der Waals surface area contributed by atoms with E-state index in [0.717, 1.165) is 31.2 Å². The topological polar surface area (TPSA) is 78.5 Å². The summed E-state index contributed by atoms with van der Waals surface area (Å²) < 4.78 is 0. The van der Waals surface area contributed by atoms with E-state index in [1.165, 1.54) is 5.56 Å². The molecule has 1 saturated heterocycles. The first-order valence-corrected chi connectivity index (χ1v) is 12.6. The first kappa shape index (κ1) is 25.2. The van der Waals surface area contributed by atoms with Crippen molar-refractivity contribution >= 4 is 23.4 Å². The Morgan fingerprint density at radius 3 is 2.53 bits per heavy atom. The first-order chi connectivity index (χ1) is 17.5. The van der Waals surface area contributed by atoms with Crippen molar-refractivity contribution in [1.29, 1.82) is 0 Å².